The highest BCUT2D eigenvalue weighted by Crippen LogP contribution is 2.23. The van der Waals surface area contributed by atoms with E-state index in [4.69, 9.17) is 5.84 Å². The van der Waals surface area contributed by atoms with Gasteiger partial charge in [0.1, 0.15) is 0 Å². The van der Waals surface area contributed by atoms with Crippen molar-refractivity contribution in [1.82, 2.24) is 4.90 Å². The van der Waals surface area contributed by atoms with Crippen molar-refractivity contribution in [1.29, 1.82) is 0 Å². The Morgan fingerprint density at radius 1 is 1.40 bits per heavy atom. The number of amides is 1. The zero-order valence-corrected chi connectivity index (χ0v) is 12.5. The van der Waals surface area contributed by atoms with E-state index in [1.165, 1.54) is 12.8 Å². The lowest BCUT2D eigenvalue weighted by Crippen LogP contribution is -2.38. The van der Waals surface area contributed by atoms with Crippen LogP contribution in [0, 0.1) is 12.8 Å². The van der Waals surface area contributed by atoms with E-state index in [9.17, 15) is 4.79 Å². The van der Waals surface area contributed by atoms with Crippen LogP contribution >= 0.6 is 0 Å². The van der Waals surface area contributed by atoms with Gasteiger partial charge in [-0.2, -0.15) is 0 Å². The van der Waals surface area contributed by atoms with E-state index in [2.05, 4.69) is 12.3 Å². The molecule has 110 valence electrons. The predicted octanol–water partition coefficient (Wildman–Crippen LogP) is 2.93. The molecule has 0 spiro atoms. The predicted molar refractivity (Wildman–Crippen MR) is 82.5 cm³/mol. The van der Waals surface area contributed by atoms with Crippen LogP contribution in [0.1, 0.15) is 48.5 Å². The number of hydrogen-bond acceptors (Lipinski definition) is 3. The molecule has 20 heavy (non-hydrogen) atoms. The Kier molecular flexibility index (Phi) is 5.01. The molecule has 3 N–H and O–H groups in total. The first-order chi connectivity index (χ1) is 9.65. The Balaban J connectivity index is 2.00. The summed E-state index contributed by atoms with van der Waals surface area (Å²) in [6.45, 7) is 5.96. The number of benzene rings is 1. The lowest BCUT2D eigenvalue weighted by Gasteiger charge is -2.32. The molecule has 0 unspecified atom stereocenters. The second-order valence-corrected chi connectivity index (χ2v) is 5.70. The van der Waals surface area contributed by atoms with E-state index >= 15 is 0 Å². The number of nitrogen functional groups attached to an aromatic ring is 1. The lowest BCUT2D eigenvalue weighted by atomic mass is 9.92. The molecule has 0 saturated carbocycles. The highest BCUT2D eigenvalue weighted by molar-refractivity contribution is 5.95. The minimum atomic E-state index is 0.145. The molecule has 4 nitrogen and oxygen atoms in total. The van der Waals surface area contributed by atoms with Crippen LogP contribution in [0.5, 0.6) is 0 Å². The first-order valence-electron chi connectivity index (χ1n) is 7.52. The van der Waals surface area contributed by atoms with Crippen LogP contribution in [-0.4, -0.2) is 23.9 Å². The van der Waals surface area contributed by atoms with Gasteiger partial charge < -0.3 is 10.3 Å². The minimum Gasteiger partial charge on any atom is -0.339 e. The number of hydrogen-bond donors (Lipinski definition) is 2. The van der Waals surface area contributed by atoms with Gasteiger partial charge in [0.2, 0.25) is 0 Å². The zero-order valence-electron chi connectivity index (χ0n) is 12.5. The first-order valence-corrected chi connectivity index (χ1v) is 7.52. The average molecular weight is 275 g/mol. The molecule has 0 bridgehead atoms. The number of rotatable bonds is 4. The highest BCUT2D eigenvalue weighted by atomic mass is 16.2. The number of piperidine rings is 1. The molecule has 4 heteroatoms. The summed E-state index contributed by atoms with van der Waals surface area (Å²) in [5.41, 5.74) is 5.26. The van der Waals surface area contributed by atoms with Crippen molar-refractivity contribution in [3.63, 3.8) is 0 Å². The summed E-state index contributed by atoms with van der Waals surface area (Å²) in [5.74, 6) is 6.36. The van der Waals surface area contributed by atoms with Crippen molar-refractivity contribution in [2.24, 2.45) is 11.8 Å². The number of aryl methyl sites for hydroxylation is 1. The molecule has 1 aromatic carbocycles. The maximum atomic E-state index is 12.5. The molecule has 0 aliphatic carbocycles. The van der Waals surface area contributed by atoms with E-state index in [1.807, 2.05) is 30.0 Å². The maximum Gasteiger partial charge on any atom is 0.253 e. The van der Waals surface area contributed by atoms with Crippen molar-refractivity contribution < 1.29 is 4.79 Å². The van der Waals surface area contributed by atoms with Gasteiger partial charge in [0.05, 0.1) is 5.69 Å². The first kappa shape index (κ1) is 14.9. The topological polar surface area (TPSA) is 58.4 Å². The number of anilines is 1. The molecular formula is C16H25N3O. The molecule has 1 saturated heterocycles. The van der Waals surface area contributed by atoms with Crippen molar-refractivity contribution in [3.05, 3.63) is 29.3 Å². The molecule has 1 fully saturated rings. The van der Waals surface area contributed by atoms with Crippen LogP contribution in [0.25, 0.3) is 0 Å². The minimum absolute atomic E-state index is 0.145. The van der Waals surface area contributed by atoms with Gasteiger partial charge >= 0.3 is 0 Å². The molecule has 1 heterocycles. The zero-order chi connectivity index (χ0) is 14.5. The summed E-state index contributed by atoms with van der Waals surface area (Å²) >= 11 is 0. The SMILES string of the molecule is CCCC1CCN(C(=O)c2ccc(NN)c(C)c2)CC1. The van der Waals surface area contributed by atoms with Crippen molar-refractivity contribution >= 4 is 11.6 Å². The van der Waals surface area contributed by atoms with Crippen LogP contribution in [0.2, 0.25) is 0 Å². The van der Waals surface area contributed by atoms with E-state index in [0.717, 1.165) is 48.7 Å². The molecule has 1 amide bonds. The Bertz CT molecular complexity index is 465. The monoisotopic (exact) mass is 275 g/mol. The number of nitrogens with zero attached hydrogens (tertiary/aromatic N) is 1. The smallest absolute Gasteiger partial charge is 0.253 e. The van der Waals surface area contributed by atoms with E-state index in [0.29, 0.717) is 0 Å². The van der Waals surface area contributed by atoms with Gasteiger partial charge in [-0.3, -0.25) is 10.6 Å². The average Bonchev–Trinajstić information content (AvgIpc) is 2.47. The summed E-state index contributed by atoms with van der Waals surface area (Å²) in [6, 6.07) is 5.63. The highest BCUT2D eigenvalue weighted by Gasteiger charge is 2.23. The van der Waals surface area contributed by atoms with Crippen LogP contribution in [0.3, 0.4) is 0 Å². The standard InChI is InChI=1S/C16H25N3O/c1-3-4-13-7-9-19(10-8-13)16(20)14-5-6-15(18-17)12(2)11-14/h5-6,11,13,18H,3-4,7-10,17H2,1-2H3. The third-order valence-electron chi connectivity index (χ3n) is 4.23. The molecular weight excluding hydrogens is 250 g/mol. The Morgan fingerprint density at radius 3 is 2.65 bits per heavy atom. The molecule has 0 aromatic heterocycles. The molecule has 1 aliphatic heterocycles. The third-order valence-corrected chi connectivity index (χ3v) is 4.23. The van der Waals surface area contributed by atoms with Gasteiger partial charge in [-0.1, -0.05) is 19.8 Å². The van der Waals surface area contributed by atoms with Crippen LogP contribution in [0.4, 0.5) is 5.69 Å². The molecule has 0 atom stereocenters. The quantitative estimate of drug-likeness (QED) is 0.656. The summed E-state index contributed by atoms with van der Waals surface area (Å²) in [5, 5.41) is 0. The fraction of sp³-hybridized carbons (Fsp3) is 0.562. The Morgan fingerprint density at radius 2 is 2.10 bits per heavy atom. The van der Waals surface area contributed by atoms with E-state index in [1.54, 1.807) is 0 Å². The van der Waals surface area contributed by atoms with Gasteiger partial charge in [0, 0.05) is 18.7 Å². The van der Waals surface area contributed by atoms with Gasteiger partial charge in [-0.05, 0) is 49.4 Å². The number of carbonyl (C=O) groups excluding carboxylic acids is 1. The van der Waals surface area contributed by atoms with Gasteiger partial charge in [0.15, 0.2) is 0 Å². The van der Waals surface area contributed by atoms with E-state index in [-0.39, 0.29) is 5.91 Å². The number of nitrogens with two attached hydrogens (primary N) is 1. The summed E-state index contributed by atoms with van der Waals surface area (Å²) in [6.07, 6.45) is 4.81. The summed E-state index contributed by atoms with van der Waals surface area (Å²) in [4.78, 5) is 14.5. The van der Waals surface area contributed by atoms with Crippen LogP contribution in [0.15, 0.2) is 18.2 Å². The molecule has 2 rings (SSSR count). The summed E-state index contributed by atoms with van der Waals surface area (Å²) < 4.78 is 0. The Labute approximate surface area is 121 Å². The normalized spacial score (nSPS) is 16.2. The molecule has 1 aromatic rings. The van der Waals surface area contributed by atoms with Gasteiger partial charge in [0.25, 0.3) is 5.91 Å². The second-order valence-electron chi connectivity index (χ2n) is 5.70. The molecule has 1 aliphatic rings. The fourth-order valence-corrected chi connectivity index (χ4v) is 2.97. The van der Waals surface area contributed by atoms with Gasteiger partial charge in [-0.15, -0.1) is 0 Å². The second kappa shape index (κ2) is 6.75. The fourth-order valence-electron chi connectivity index (χ4n) is 2.97. The number of likely N-dealkylation sites (tertiary alicyclic amines) is 1. The number of carbonyl (C=O) groups is 1. The third kappa shape index (κ3) is 3.31. The van der Waals surface area contributed by atoms with E-state index < -0.39 is 0 Å². The Hall–Kier alpha value is -1.55. The maximum absolute atomic E-state index is 12.5. The largest absolute Gasteiger partial charge is 0.339 e. The lowest BCUT2D eigenvalue weighted by molar-refractivity contribution is 0.0686. The van der Waals surface area contributed by atoms with Crippen LogP contribution < -0.4 is 11.3 Å². The van der Waals surface area contributed by atoms with Gasteiger partial charge in [-0.25, -0.2) is 0 Å². The van der Waals surface area contributed by atoms with Crippen LogP contribution in [-0.2, 0) is 0 Å². The molecule has 0 radical (unpaired) electrons. The van der Waals surface area contributed by atoms with Crippen molar-refractivity contribution in [2.45, 2.75) is 39.5 Å². The number of hydrazine groups is 1. The van der Waals surface area contributed by atoms with Crippen molar-refractivity contribution in [2.75, 3.05) is 18.5 Å². The summed E-state index contributed by atoms with van der Waals surface area (Å²) in [7, 11) is 0. The van der Waals surface area contributed by atoms with Crippen molar-refractivity contribution in [3.8, 4) is 0 Å². The number of nitrogens with one attached hydrogen (secondary N) is 1.